The van der Waals surface area contributed by atoms with Crippen LogP contribution in [0.4, 0.5) is 0 Å². The van der Waals surface area contributed by atoms with Gasteiger partial charge in [-0.1, -0.05) is 37.1 Å². The summed E-state index contributed by atoms with van der Waals surface area (Å²) in [6.45, 7) is 4.12. The minimum Gasteiger partial charge on any atom is -0.289 e. The number of hydrogen-bond donors (Lipinski definition) is 0. The first kappa shape index (κ1) is 13.1. The Balaban J connectivity index is 2.26. The Labute approximate surface area is 110 Å². The van der Waals surface area contributed by atoms with E-state index in [-0.39, 0.29) is 5.78 Å². The van der Waals surface area contributed by atoms with Crippen molar-refractivity contribution < 1.29 is 4.79 Å². The summed E-state index contributed by atoms with van der Waals surface area (Å²) < 4.78 is 0. The highest BCUT2D eigenvalue weighted by Crippen LogP contribution is 2.23. The summed E-state index contributed by atoms with van der Waals surface area (Å²) in [5.41, 5.74) is 4.25. The first-order chi connectivity index (χ1) is 8.70. The largest absolute Gasteiger partial charge is 0.289 e. The van der Waals surface area contributed by atoms with Gasteiger partial charge in [-0.2, -0.15) is 0 Å². The van der Waals surface area contributed by atoms with Crippen LogP contribution >= 0.6 is 0 Å². The molecule has 0 bridgehead atoms. The van der Waals surface area contributed by atoms with Crippen LogP contribution in [0.15, 0.2) is 29.8 Å². The Morgan fingerprint density at radius 1 is 1.06 bits per heavy atom. The maximum atomic E-state index is 12.6. The minimum absolute atomic E-state index is 0.248. The lowest BCUT2D eigenvalue weighted by atomic mass is 9.91. The monoisotopic (exact) mass is 242 g/mol. The predicted octanol–water partition coefficient (Wildman–Crippen LogP) is 4.77. The molecular formula is C17H22O. The summed E-state index contributed by atoms with van der Waals surface area (Å²) in [6, 6.07) is 6.02. The van der Waals surface area contributed by atoms with Crippen LogP contribution in [0.25, 0.3) is 0 Å². The Bertz CT molecular complexity index is 468. The standard InChI is InChI=1S/C17H22O/c1-13-9-8-12-16(14(13)2)17(18)15-10-6-4-3-5-7-11-15/h8-10,12H,3-7,11H2,1-2H3/b15-10+. The fraction of sp³-hybridized carbons (Fsp3) is 0.471. The topological polar surface area (TPSA) is 17.1 Å². The van der Waals surface area contributed by atoms with E-state index in [0.29, 0.717) is 0 Å². The van der Waals surface area contributed by atoms with E-state index in [0.717, 1.165) is 36.0 Å². The zero-order chi connectivity index (χ0) is 13.0. The van der Waals surface area contributed by atoms with Gasteiger partial charge in [-0.15, -0.1) is 0 Å². The number of aryl methyl sites for hydroxylation is 1. The molecule has 1 aliphatic carbocycles. The van der Waals surface area contributed by atoms with Gasteiger partial charge in [-0.25, -0.2) is 0 Å². The van der Waals surface area contributed by atoms with Crippen LogP contribution in [0.3, 0.4) is 0 Å². The van der Waals surface area contributed by atoms with Crippen LogP contribution in [-0.2, 0) is 0 Å². The van der Waals surface area contributed by atoms with Gasteiger partial charge in [0, 0.05) is 5.56 Å². The molecule has 0 atom stereocenters. The Kier molecular flexibility index (Phi) is 4.35. The van der Waals surface area contributed by atoms with Crippen molar-refractivity contribution in [3.05, 3.63) is 46.5 Å². The molecule has 1 nitrogen and oxygen atoms in total. The van der Waals surface area contributed by atoms with Gasteiger partial charge in [0.1, 0.15) is 0 Å². The van der Waals surface area contributed by atoms with E-state index in [1.807, 2.05) is 19.1 Å². The first-order valence-corrected chi connectivity index (χ1v) is 7.00. The van der Waals surface area contributed by atoms with Crippen LogP contribution in [-0.4, -0.2) is 5.78 Å². The number of benzene rings is 1. The number of ketones is 1. The van der Waals surface area contributed by atoms with Gasteiger partial charge in [-0.05, 0) is 56.2 Å². The molecule has 0 unspecified atom stereocenters. The molecule has 0 N–H and O–H groups in total. The van der Waals surface area contributed by atoms with Crippen molar-refractivity contribution in [2.24, 2.45) is 0 Å². The number of carbonyl (C=O) groups excluding carboxylic acids is 1. The molecule has 0 saturated carbocycles. The summed E-state index contributed by atoms with van der Waals surface area (Å²) in [4.78, 5) is 12.6. The van der Waals surface area contributed by atoms with Crippen LogP contribution < -0.4 is 0 Å². The summed E-state index contributed by atoms with van der Waals surface area (Å²) in [7, 11) is 0. The molecule has 2 rings (SSSR count). The number of hydrogen-bond acceptors (Lipinski definition) is 1. The first-order valence-electron chi connectivity index (χ1n) is 7.00. The summed E-state index contributed by atoms with van der Waals surface area (Å²) >= 11 is 0. The molecule has 0 amide bonds. The number of carbonyl (C=O) groups is 1. The maximum Gasteiger partial charge on any atom is 0.188 e. The fourth-order valence-corrected chi connectivity index (χ4v) is 2.57. The quantitative estimate of drug-likeness (QED) is 0.683. The highest BCUT2D eigenvalue weighted by Gasteiger charge is 2.15. The third-order valence-electron chi connectivity index (χ3n) is 3.93. The van der Waals surface area contributed by atoms with Crippen molar-refractivity contribution in [3.8, 4) is 0 Å². The maximum absolute atomic E-state index is 12.6. The molecule has 1 aromatic carbocycles. The van der Waals surface area contributed by atoms with E-state index in [2.05, 4.69) is 19.1 Å². The van der Waals surface area contributed by atoms with E-state index >= 15 is 0 Å². The average molecular weight is 242 g/mol. The molecule has 1 aromatic rings. The van der Waals surface area contributed by atoms with E-state index in [1.165, 1.54) is 24.8 Å². The number of Topliss-reactive ketones (excluding diaryl/α,β-unsaturated/α-hetero) is 1. The normalized spacial score (nSPS) is 19.6. The molecule has 18 heavy (non-hydrogen) atoms. The number of allylic oxidation sites excluding steroid dienone is 2. The lowest BCUT2D eigenvalue weighted by Crippen LogP contribution is -2.07. The zero-order valence-corrected chi connectivity index (χ0v) is 11.5. The van der Waals surface area contributed by atoms with Crippen molar-refractivity contribution in [2.75, 3.05) is 0 Å². The smallest absolute Gasteiger partial charge is 0.188 e. The van der Waals surface area contributed by atoms with E-state index in [4.69, 9.17) is 0 Å². The molecular weight excluding hydrogens is 220 g/mol. The fourth-order valence-electron chi connectivity index (χ4n) is 2.57. The van der Waals surface area contributed by atoms with Crippen molar-refractivity contribution in [3.63, 3.8) is 0 Å². The van der Waals surface area contributed by atoms with E-state index in [9.17, 15) is 4.79 Å². The number of rotatable bonds is 2. The molecule has 1 heteroatoms. The zero-order valence-electron chi connectivity index (χ0n) is 11.5. The van der Waals surface area contributed by atoms with Crippen molar-refractivity contribution in [2.45, 2.75) is 52.4 Å². The highest BCUT2D eigenvalue weighted by molar-refractivity contribution is 6.09. The van der Waals surface area contributed by atoms with E-state index < -0.39 is 0 Å². The highest BCUT2D eigenvalue weighted by atomic mass is 16.1. The average Bonchev–Trinajstić information content (AvgIpc) is 2.31. The van der Waals surface area contributed by atoms with Gasteiger partial charge in [0.25, 0.3) is 0 Å². The Hall–Kier alpha value is -1.37. The molecule has 0 aromatic heterocycles. The van der Waals surface area contributed by atoms with Gasteiger partial charge in [0.15, 0.2) is 5.78 Å². The van der Waals surface area contributed by atoms with Gasteiger partial charge in [0.2, 0.25) is 0 Å². The van der Waals surface area contributed by atoms with Crippen LogP contribution in [0.2, 0.25) is 0 Å². The van der Waals surface area contributed by atoms with Gasteiger partial charge < -0.3 is 0 Å². The van der Waals surface area contributed by atoms with Crippen molar-refractivity contribution in [1.82, 2.24) is 0 Å². The summed E-state index contributed by atoms with van der Waals surface area (Å²) in [6.07, 6.45) is 9.13. The van der Waals surface area contributed by atoms with Gasteiger partial charge in [-0.3, -0.25) is 4.79 Å². The third-order valence-corrected chi connectivity index (χ3v) is 3.93. The molecule has 0 aliphatic heterocycles. The molecule has 0 heterocycles. The van der Waals surface area contributed by atoms with Gasteiger partial charge in [0.05, 0.1) is 0 Å². The third kappa shape index (κ3) is 2.90. The summed E-state index contributed by atoms with van der Waals surface area (Å²) in [5, 5.41) is 0. The Morgan fingerprint density at radius 2 is 1.83 bits per heavy atom. The Morgan fingerprint density at radius 3 is 2.67 bits per heavy atom. The minimum atomic E-state index is 0.248. The van der Waals surface area contributed by atoms with Crippen molar-refractivity contribution in [1.29, 1.82) is 0 Å². The lowest BCUT2D eigenvalue weighted by Gasteiger charge is -2.13. The molecule has 0 saturated heterocycles. The molecule has 0 spiro atoms. The molecule has 96 valence electrons. The van der Waals surface area contributed by atoms with Crippen LogP contribution in [0, 0.1) is 13.8 Å². The summed E-state index contributed by atoms with van der Waals surface area (Å²) in [5.74, 6) is 0.248. The molecule has 0 fully saturated rings. The van der Waals surface area contributed by atoms with Crippen molar-refractivity contribution >= 4 is 5.78 Å². The van der Waals surface area contributed by atoms with Crippen LogP contribution in [0.1, 0.15) is 60.0 Å². The second kappa shape index (κ2) is 5.99. The molecule has 0 radical (unpaired) electrons. The second-order valence-corrected chi connectivity index (χ2v) is 5.26. The van der Waals surface area contributed by atoms with Gasteiger partial charge >= 0.3 is 0 Å². The SMILES string of the molecule is Cc1cccc(C(=O)/C2=C/CCCCCC2)c1C. The lowest BCUT2D eigenvalue weighted by molar-refractivity contribution is 0.102. The predicted molar refractivity (Wildman–Crippen MR) is 76.0 cm³/mol. The second-order valence-electron chi connectivity index (χ2n) is 5.26. The van der Waals surface area contributed by atoms with Crippen LogP contribution in [0.5, 0.6) is 0 Å². The van der Waals surface area contributed by atoms with E-state index in [1.54, 1.807) is 0 Å². The molecule has 1 aliphatic rings.